The van der Waals surface area contributed by atoms with Gasteiger partial charge in [0, 0.05) is 12.5 Å². The molecule has 1 fully saturated rings. The van der Waals surface area contributed by atoms with Crippen LogP contribution in [0.4, 0.5) is 4.79 Å². The second-order valence-corrected chi connectivity index (χ2v) is 8.91. The van der Waals surface area contributed by atoms with Crippen molar-refractivity contribution in [3.05, 3.63) is 0 Å². The predicted molar refractivity (Wildman–Crippen MR) is 95.7 cm³/mol. The fraction of sp³-hybridized carbons (Fsp3) is 0.882. The number of carbonyl (C=O) groups excluding carboxylic acids is 2. The van der Waals surface area contributed by atoms with Gasteiger partial charge in [0.2, 0.25) is 12.5 Å². The van der Waals surface area contributed by atoms with E-state index >= 15 is 0 Å². The van der Waals surface area contributed by atoms with Gasteiger partial charge in [0.1, 0.15) is 6.10 Å². The molecule has 0 aromatic rings. The van der Waals surface area contributed by atoms with Crippen molar-refractivity contribution in [2.24, 2.45) is 11.3 Å². The lowest BCUT2D eigenvalue weighted by atomic mass is 9.84. The maximum Gasteiger partial charge on any atom is 0.511 e. The van der Waals surface area contributed by atoms with E-state index in [1.165, 1.54) is 0 Å². The second-order valence-electron chi connectivity index (χ2n) is 7.71. The zero-order valence-electron chi connectivity index (χ0n) is 15.8. The molecule has 1 aliphatic rings. The van der Waals surface area contributed by atoms with Crippen LogP contribution in [0.5, 0.6) is 0 Å². The molecule has 0 aliphatic heterocycles. The van der Waals surface area contributed by atoms with Crippen molar-refractivity contribution >= 4 is 20.1 Å². The summed E-state index contributed by atoms with van der Waals surface area (Å²) in [6.07, 6.45) is 3.24. The maximum atomic E-state index is 11.7. The number of alkyl carbamates (subject to hydrolysis) is 1. The van der Waals surface area contributed by atoms with Gasteiger partial charge in [-0.15, -0.1) is 0 Å². The molecular weight excluding hydrogens is 361 g/mol. The number of aliphatic hydroxyl groups excluding tert-OH is 1. The van der Waals surface area contributed by atoms with Crippen molar-refractivity contribution < 1.29 is 33.6 Å². The quantitative estimate of drug-likeness (QED) is 0.330. The van der Waals surface area contributed by atoms with Crippen molar-refractivity contribution in [3.63, 3.8) is 0 Å². The second kappa shape index (κ2) is 10.8. The zero-order chi connectivity index (χ0) is 19.7. The number of hydrogen-bond acceptors (Lipinski definition) is 6. The molecule has 1 unspecified atom stereocenters. The Labute approximate surface area is 155 Å². The van der Waals surface area contributed by atoms with Crippen LogP contribution in [0, 0.1) is 11.3 Å². The van der Waals surface area contributed by atoms with Crippen LogP contribution in [0.15, 0.2) is 0 Å². The van der Waals surface area contributed by atoms with E-state index in [9.17, 15) is 24.2 Å². The number of ether oxygens (including phenoxy) is 2. The molecule has 9 heteroatoms. The topological polar surface area (TPSA) is 122 Å². The van der Waals surface area contributed by atoms with Crippen molar-refractivity contribution in [3.8, 4) is 0 Å². The highest BCUT2D eigenvalue weighted by molar-refractivity contribution is 7.39. The van der Waals surface area contributed by atoms with E-state index < -0.39 is 44.1 Å². The van der Waals surface area contributed by atoms with Crippen molar-refractivity contribution in [2.75, 3.05) is 13.3 Å². The van der Waals surface area contributed by atoms with E-state index in [1.807, 2.05) is 0 Å². The van der Waals surface area contributed by atoms with Gasteiger partial charge >= 0.3 is 20.1 Å². The summed E-state index contributed by atoms with van der Waals surface area (Å²) in [4.78, 5) is 32.6. The minimum Gasteiger partial charge on any atom is -0.427 e. The van der Waals surface area contributed by atoms with Crippen LogP contribution in [0.3, 0.4) is 0 Å². The molecule has 0 heterocycles. The summed E-state index contributed by atoms with van der Waals surface area (Å²) in [6.45, 7) is 4.67. The highest BCUT2D eigenvalue weighted by Crippen LogP contribution is 2.40. The average molecular weight is 392 g/mol. The maximum absolute atomic E-state index is 11.7. The zero-order valence-corrected chi connectivity index (χ0v) is 16.7. The number of esters is 1. The van der Waals surface area contributed by atoms with Gasteiger partial charge in [-0.05, 0) is 44.6 Å². The lowest BCUT2D eigenvalue weighted by Gasteiger charge is -2.25. The van der Waals surface area contributed by atoms with E-state index in [4.69, 9.17) is 9.47 Å². The molecule has 26 heavy (non-hydrogen) atoms. The normalized spacial score (nSPS) is 18.6. The molecule has 1 amide bonds. The molecule has 8 nitrogen and oxygen atoms in total. The molecule has 1 rings (SSSR count). The smallest absolute Gasteiger partial charge is 0.427 e. The third kappa shape index (κ3) is 7.98. The Bertz CT molecular complexity index is 486. The summed E-state index contributed by atoms with van der Waals surface area (Å²) in [5.41, 5.74) is -1.35. The number of carbonyl (C=O) groups is 2. The Morgan fingerprint density at radius 2 is 1.81 bits per heavy atom. The number of amides is 1. The molecule has 0 spiro atoms. The Balaban J connectivity index is 2.30. The SMILES string of the molecule is CC(C)(C)C(=O)OCOC(=O)NCC[C@H](O)[C@H](C1CCCCC1)[P+](=O)O. The third-order valence-electron chi connectivity index (χ3n) is 4.48. The first-order valence-corrected chi connectivity index (χ1v) is 10.3. The summed E-state index contributed by atoms with van der Waals surface area (Å²) in [7, 11) is -2.49. The summed E-state index contributed by atoms with van der Waals surface area (Å²) in [5.74, 6) is -0.445. The van der Waals surface area contributed by atoms with Crippen molar-refractivity contribution in [2.45, 2.75) is 71.1 Å². The molecule has 0 aromatic heterocycles. The van der Waals surface area contributed by atoms with Crippen molar-refractivity contribution in [1.29, 1.82) is 0 Å². The number of nitrogens with one attached hydrogen (secondary N) is 1. The third-order valence-corrected chi connectivity index (χ3v) is 5.76. The minimum atomic E-state index is -2.49. The first-order valence-electron chi connectivity index (χ1n) is 9.04. The Hall–Kier alpha value is -1.24. The molecule has 1 aliphatic carbocycles. The van der Waals surface area contributed by atoms with Crippen molar-refractivity contribution in [1.82, 2.24) is 5.32 Å². The van der Waals surface area contributed by atoms with Gasteiger partial charge in [0.25, 0.3) is 0 Å². The van der Waals surface area contributed by atoms with Gasteiger partial charge in [-0.2, -0.15) is 4.89 Å². The first-order chi connectivity index (χ1) is 12.1. The highest BCUT2D eigenvalue weighted by Gasteiger charge is 2.43. The minimum absolute atomic E-state index is 0.0381. The molecule has 3 atom stereocenters. The van der Waals surface area contributed by atoms with E-state index in [0.29, 0.717) is 0 Å². The number of rotatable bonds is 8. The van der Waals surface area contributed by atoms with Gasteiger partial charge in [-0.3, -0.25) is 4.79 Å². The lowest BCUT2D eigenvalue weighted by Crippen LogP contribution is -2.36. The fourth-order valence-electron chi connectivity index (χ4n) is 3.01. The van der Waals surface area contributed by atoms with Crippen LogP contribution < -0.4 is 5.32 Å². The fourth-order valence-corrected chi connectivity index (χ4v) is 4.12. The number of aliphatic hydroxyl groups is 1. The lowest BCUT2D eigenvalue weighted by molar-refractivity contribution is -0.161. The molecular formula is C17H31NO7P+. The van der Waals surface area contributed by atoms with Gasteiger partial charge in [0.05, 0.1) is 5.41 Å². The number of hydrogen-bond donors (Lipinski definition) is 3. The molecule has 150 valence electrons. The Kier molecular flexibility index (Phi) is 9.47. The summed E-state index contributed by atoms with van der Waals surface area (Å²) in [6, 6.07) is 0. The Morgan fingerprint density at radius 3 is 2.35 bits per heavy atom. The van der Waals surface area contributed by atoms with E-state index in [-0.39, 0.29) is 18.9 Å². The van der Waals surface area contributed by atoms with Crippen LogP contribution >= 0.6 is 8.03 Å². The molecule has 1 saturated carbocycles. The first kappa shape index (κ1) is 22.8. The molecule has 0 saturated heterocycles. The predicted octanol–water partition coefficient (Wildman–Crippen LogP) is 2.69. The average Bonchev–Trinajstić information content (AvgIpc) is 2.54. The molecule has 0 radical (unpaired) electrons. The molecule has 0 aromatic carbocycles. The van der Waals surface area contributed by atoms with Crippen LogP contribution in [0.2, 0.25) is 0 Å². The summed E-state index contributed by atoms with van der Waals surface area (Å²) < 4.78 is 21.2. The van der Waals surface area contributed by atoms with Gasteiger partial charge < -0.3 is 19.9 Å². The summed E-state index contributed by atoms with van der Waals surface area (Å²) in [5, 5.41) is 12.7. The van der Waals surface area contributed by atoms with E-state index in [0.717, 1.165) is 32.1 Å². The molecule has 3 N–H and O–H groups in total. The van der Waals surface area contributed by atoms with Crippen LogP contribution in [-0.2, 0) is 18.8 Å². The van der Waals surface area contributed by atoms with E-state index in [2.05, 4.69) is 5.32 Å². The Morgan fingerprint density at radius 1 is 1.19 bits per heavy atom. The molecule has 0 bridgehead atoms. The van der Waals surface area contributed by atoms with Gasteiger partial charge in [0.15, 0.2) is 0 Å². The summed E-state index contributed by atoms with van der Waals surface area (Å²) >= 11 is 0. The van der Waals surface area contributed by atoms with Crippen LogP contribution in [-0.4, -0.2) is 47.2 Å². The largest absolute Gasteiger partial charge is 0.511 e. The highest BCUT2D eigenvalue weighted by atomic mass is 31.1. The van der Waals surface area contributed by atoms with Gasteiger partial charge in [-0.25, -0.2) is 4.79 Å². The van der Waals surface area contributed by atoms with Crippen LogP contribution in [0.1, 0.15) is 59.3 Å². The van der Waals surface area contributed by atoms with Gasteiger partial charge in [-0.1, -0.05) is 19.3 Å². The van der Waals surface area contributed by atoms with E-state index in [1.54, 1.807) is 20.8 Å². The van der Waals surface area contributed by atoms with Crippen LogP contribution in [0.25, 0.3) is 0 Å². The monoisotopic (exact) mass is 392 g/mol. The standard InChI is InChI=1S/C17H30NO7P/c1-17(2,3)15(20)24-11-25-16(21)18-10-9-13(19)14(26(22)23)12-7-5-4-6-8-12/h12-14,19H,4-11H2,1-3H3,(H-,18,21,22,23)/p+1/t13-,14-/m0/s1.